The normalized spacial score (nSPS) is 18.6. The van der Waals surface area contributed by atoms with E-state index in [1.807, 2.05) is 0 Å². The topological polar surface area (TPSA) is 293 Å². The van der Waals surface area contributed by atoms with Crippen molar-refractivity contribution in [3.8, 4) is 0 Å². The summed E-state index contributed by atoms with van der Waals surface area (Å²) in [6, 6.07) is -6.64. The van der Waals surface area contributed by atoms with Gasteiger partial charge in [-0.25, -0.2) is 4.79 Å². The van der Waals surface area contributed by atoms with Crippen molar-refractivity contribution in [1.29, 1.82) is 0 Å². The Balaban J connectivity index is 2.86. The maximum Gasteiger partial charge on any atom is 0.326 e. The molecule has 1 aliphatic heterocycles. The van der Waals surface area contributed by atoms with Gasteiger partial charge in [-0.1, -0.05) is 0 Å². The third-order valence-corrected chi connectivity index (χ3v) is 5.93. The number of amides is 4. The van der Waals surface area contributed by atoms with Gasteiger partial charge in [0.25, 0.3) is 0 Å². The molecule has 0 saturated carbocycles. The summed E-state index contributed by atoms with van der Waals surface area (Å²) < 4.78 is 0. The van der Waals surface area contributed by atoms with E-state index in [1.54, 1.807) is 0 Å². The van der Waals surface area contributed by atoms with Crippen LogP contribution in [-0.4, -0.2) is 111 Å². The lowest BCUT2D eigenvalue weighted by Crippen LogP contribution is -2.60. The summed E-state index contributed by atoms with van der Waals surface area (Å²) in [6.45, 7) is 2.88. The number of carbonyl (C=O) groups is 6. The Labute approximate surface area is 224 Å². The first kappa shape index (κ1) is 33.0. The fraction of sp³-hybridized carbons (Fsp3) is 0.682. The summed E-state index contributed by atoms with van der Waals surface area (Å²) in [5.74, 6) is -6.36. The Morgan fingerprint density at radius 2 is 1.64 bits per heavy atom. The largest absolute Gasteiger partial charge is 0.481 e. The van der Waals surface area contributed by atoms with Crippen molar-refractivity contribution in [2.24, 2.45) is 22.2 Å². The van der Waals surface area contributed by atoms with Gasteiger partial charge in [-0.05, 0) is 39.5 Å². The number of nitrogens with zero attached hydrogens (tertiary/aromatic N) is 2. The van der Waals surface area contributed by atoms with Crippen molar-refractivity contribution in [2.45, 2.75) is 82.3 Å². The molecule has 0 aromatic carbocycles. The number of likely N-dealkylation sites (tertiary alicyclic amines) is 1. The van der Waals surface area contributed by atoms with Gasteiger partial charge in [0.15, 0.2) is 5.96 Å². The molecule has 0 radical (unpaired) electrons. The molecule has 0 unspecified atom stereocenters. The van der Waals surface area contributed by atoms with Crippen LogP contribution in [0.15, 0.2) is 4.99 Å². The van der Waals surface area contributed by atoms with Crippen LogP contribution in [0.3, 0.4) is 0 Å². The quantitative estimate of drug-likeness (QED) is 0.0525. The van der Waals surface area contributed by atoms with Gasteiger partial charge in [0.2, 0.25) is 23.6 Å². The first-order valence-electron chi connectivity index (χ1n) is 12.3. The predicted octanol–water partition coefficient (Wildman–Crippen LogP) is -4.23. The van der Waals surface area contributed by atoms with E-state index in [1.165, 1.54) is 13.8 Å². The third kappa shape index (κ3) is 10.7. The van der Waals surface area contributed by atoms with Crippen LogP contribution in [0.5, 0.6) is 0 Å². The molecule has 0 bridgehead atoms. The van der Waals surface area contributed by atoms with Crippen LogP contribution < -0.4 is 33.2 Å². The zero-order chi connectivity index (χ0) is 29.9. The van der Waals surface area contributed by atoms with Crippen molar-refractivity contribution in [3.63, 3.8) is 0 Å². The maximum absolute atomic E-state index is 12.8. The summed E-state index contributed by atoms with van der Waals surface area (Å²) in [6.07, 6.45) is -1.13. The van der Waals surface area contributed by atoms with Gasteiger partial charge in [-0.3, -0.25) is 29.0 Å². The Bertz CT molecular complexity index is 954. The number of nitrogens with two attached hydrogens (primary N) is 3. The number of carboxylic acids is 2. The number of aliphatic hydroxyl groups is 1. The zero-order valence-corrected chi connectivity index (χ0v) is 21.8. The van der Waals surface area contributed by atoms with E-state index < -0.39 is 78.3 Å². The molecule has 39 heavy (non-hydrogen) atoms. The Morgan fingerprint density at radius 1 is 1.00 bits per heavy atom. The molecule has 0 spiro atoms. The summed E-state index contributed by atoms with van der Waals surface area (Å²) in [5.41, 5.74) is 16.2. The van der Waals surface area contributed by atoms with E-state index in [0.29, 0.717) is 12.8 Å². The zero-order valence-electron chi connectivity index (χ0n) is 21.8. The molecule has 1 fully saturated rings. The fourth-order valence-corrected chi connectivity index (χ4v) is 3.87. The lowest BCUT2D eigenvalue weighted by molar-refractivity contribution is -0.149. The molecule has 1 rings (SSSR count). The molecule has 220 valence electrons. The molecule has 1 aliphatic rings. The van der Waals surface area contributed by atoms with E-state index in [2.05, 4.69) is 20.9 Å². The number of rotatable bonds is 15. The van der Waals surface area contributed by atoms with Crippen LogP contribution in [0.25, 0.3) is 0 Å². The maximum atomic E-state index is 12.8. The average Bonchev–Trinajstić information content (AvgIpc) is 3.33. The molecule has 12 N–H and O–H groups in total. The minimum atomic E-state index is -1.69. The smallest absolute Gasteiger partial charge is 0.326 e. The number of hydrogen-bond acceptors (Lipinski definition) is 9. The van der Waals surface area contributed by atoms with E-state index in [9.17, 15) is 44.1 Å². The summed E-state index contributed by atoms with van der Waals surface area (Å²) >= 11 is 0. The highest BCUT2D eigenvalue weighted by Gasteiger charge is 2.37. The predicted molar refractivity (Wildman–Crippen MR) is 136 cm³/mol. The first-order valence-corrected chi connectivity index (χ1v) is 12.3. The van der Waals surface area contributed by atoms with E-state index in [0.717, 1.165) is 4.90 Å². The Morgan fingerprint density at radius 3 is 2.18 bits per heavy atom. The second-order valence-electron chi connectivity index (χ2n) is 9.20. The van der Waals surface area contributed by atoms with Crippen molar-refractivity contribution in [3.05, 3.63) is 0 Å². The van der Waals surface area contributed by atoms with Gasteiger partial charge >= 0.3 is 11.9 Å². The minimum absolute atomic E-state index is 0.127. The number of carbonyl (C=O) groups excluding carboxylic acids is 4. The first-order chi connectivity index (χ1) is 18.1. The average molecular weight is 559 g/mol. The monoisotopic (exact) mass is 558 g/mol. The molecule has 0 aliphatic carbocycles. The lowest BCUT2D eigenvalue weighted by Gasteiger charge is -2.27. The van der Waals surface area contributed by atoms with Crippen molar-refractivity contribution >= 4 is 41.5 Å². The highest BCUT2D eigenvalue weighted by Crippen LogP contribution is 2.18. The second kappa shape index (κ2) is 15.4. The van der Waals surface area contributed by atoms with E-state index >= 15 is 0 Å². The summed E-state index contributed by atoms with van der Waals surface area (Å²) in [4.78, 5) is 78.4. The number of hydrogen-bond donors (Lipinski definition) is 9. The molecule has 4 amide bonds. The van der Waals surface area contributed by atoms with Gasteiger partial charge in [0.1, 0.15) is 24.2 Å². The minimum Gasteiger partial charge on any atom is -0.481 e. The van der Waals surface area contributed by atoms with Crippen molar-refractivity contribution in [1.82, 2.24) is 20.9 Å². The van der Waals surface area contributed by atoms with Gasteiger partial charge < -0.3 is 53.4 Å². The van der Waals surface area contributed by atoms with E-state index in [-0.39, 0.29) is 31.9 Å². The van der Waals surface area contributed by atoms with Crippen LogP contribution in [-0.2, 0) is 28.8 Å². The summed E-state index contributed by atoms with van der Waals surface area (Å²) in [7, 11) is 0. The lowest BCUT2D eigenvalue weighted by atomic mass is 10.1. The van der Waals surface area contributed by atoms with Crippen LogP contribution in [0.4, 0.5) is 0 Å². The van der Waals surface area contributed by atoms with Crippen LogP contribution in [0.1, 0.15) is 46.0 Å². The van der Waals surface area contributed by atoms with Crippen LogP contribution in [0, 0.1) is 0 Å². The van der Waals surface area contributed by atoms with Crippen molar-refractivity contribution < 1.29 is 44.1 Å². The number of nitrogens with one attached hydrogen (secondary N) is 3. The standard InChI is InChI=1S/C22H38N8O9/c1-10(20(37)30-8-4-6-14(30)21(38)39)27-18(35)13(9-15(32)33)28-19(36)16(11(2)31)29-17(34)12(23)5-3-7-26-22(24)25/h10-14,16,31H,3-9,23H2,1-2H3,(H,27,35)(H,28,36)(H,29,34)(H,32,33)(H,38,39)(H4,24,25,26)/t10-,11+,12-,13-,14-,16-/m0/s1. The van der Waals surface area contributed by atoms with E-state index in [4.69, 9.17) is 17.2 Å². The molecule has 17 nitrogen and oxygen atoms in total. The third-order valence-electron chi connectivity index (χ3n) is 5.93. The molecule has 6 atom stereocenters. The number of aliphatic imine (C=N–C) groups is 1. The van der Waals surface area contributed by atoms with Crippen LogP contribution >= 0.6 is 0 Å². The number of carboxylic acid groups (broad SMARTS) is 2. The highest BCUT2D eigenvalue weighted by atomic mass is 16.4. The molecule has 0 aromatic heterocycles. The molecular formula is C22H38N8O9. The SMILES string of the molecule is C[C@H](NC(=O)[C@H](CC(=O)O)NC(=O)[C@@H](NC(=O)[C@@H](N)CCCN=C(N)N)[C@@H](C)O)C(=O)N1CCC[C@H]1C(=O)O. The Kier molecular flexibility index (Phi) is 13.1. The van der Waals surface area contributed by atoms with Gasteiger partial charge in [0, 0.05) is 13.1 Å². The van der Waals surface area contributed by atoms with Gasteiger partial charge in [0.05, 0.1) is 18.6 Å². The van der Waals surface area contributed by atoms with Gasteiger partial charge in [-0.15, -0.1) is 0 Å². The summed E-state index contributed by atoms with van der Waals surface area (Å²) in [5, 5.41) is 35.3. The highest BCUT2D eigenvalue weighted by molar-refractivity contribution is 5.97. The fourth-order valence-electron chi connectivity index (χ4n) is 3.87. The Hall–Kier alpha value is -3.99. The molecule has 17 heteroatoms. The van der Waals surface area contributed by atoms with Crippen LogP contribution in [0.2, 0.25) is 0 Å². The molecule has 1 saturated heterocycles. The molecular weight excluding hydrogens is 520 g/mol. The van der Waals surface area contributed by atoms with Crippen molar-refractivity contribution in [2.75, 3.05) is 13.1 Å². The molecule has 0 aromatic rings. The number of aliphatic carboxylic acids is 2. The second-order valence-corrected chi connectivity index (χ2v) is 9.20. The number of guanidine groups is 1. The number of aliphatic hydroxyl groups excluding tert-OH is 1. The molecule has 1 heterocycles. The van der Waals surface area contributed by atoms with Gasteiger partial charge in [-0.2, -0.15) is 0 Å².